The molecule has 25 heteroatoms. The molecule has 6 N–H and O–H groups in total. The van der Waals surface area contributed by atoms with Crippen LogP contribution in [0.15, 0.2) is 110 Å². The van der Waals surface area contributed by atoms with E-state index in [9.17, 15) is 35.0 Å². The van der Waals surface area contributed by atoms with Gasteiger partial charge in [0.05, 0.1) is 146 Å². The topological polar surface area (TPSA) is 265 Å². The third kappa shape index (κ3) is 30.3. The quantitative estimate of drug-likeness (QED) is 0.0495. The van der Waals surface area contributed by atoms with Crippen molar-refractivity contribution in [3.63, 3.8) is 0 Å². The summed E-state index contributed by atoms with van der Waals surface area (Å²) in [6.45, 7) is 50.8. The molecule has 15 rings (SSSR count). The van der Waals surface area contributed by atoms with Gasteiger partial charge in [0.25, 0.3) is 0 Å². The number of pyridine rings is 7. The molecule has 8 aliphatic rings. The summed E-state index contributed by atoms with van der Waals surface area (Å²) >= 11 is 0. The van der Waals surface area contributed by atoms with E-state index in [1.807, 2.05) is 64.0 Å². The average molecular weight is 1720 g/mol. The van der Waals surface area contributed by atoms with Gasteiger partial charge in [0.15, 0.2) is 0 Å². The Morgan fingerprint density at radius 1 is 0.347 bits per heavy atom. The van der Waals surface area contributed by atoms with Crippen molar-refractivity contribution in [3.05, 3.63) is 156 Å². The van der Waals surface area contributed by atoms with E-state index < -0.39 is 5.60 Å². The highest BCUT2D eigenvalue weighted by Crippen LogP contribution is 2.37. The highest BCUT2D eigenvalue weighted by atomic mass is 19.1. The van der Waals surface area contributed by atoms with Gasteiger partial charge in [-0.1, -0.05) is 103 Å². The fourth-order valence-electron chi connectivity index (χ4n) is 16.6. The van der Waals surface area contributed by atoms with E-state index in [4.69, 9.17) is 14.2 Å². The van der Waals surface area contributed by atoms with Gasteiger partial charge in [-0.25, -0.2) is 9.37 Å². The van der Waals surface area contributed by atoms with E-state index in [1.54, 1.807) is 26.5 Å². The Morgan fingerprint density at radius 2 is 0.702 bits per heavy atom. The molecule has 0 bridgehead atoms. The first kappa shape index (κ1) is 99.6. The number of ether oxygens (including phenoxy) is 3. The van der Waals surface area contributed by atoms with Crippen LogP contribution in [-0.4, -0.2) is 244 Å². The Hall–Kier alpha value is -8.14. The number of nitrogens with zero attached hydrogens (tertiary/aromatic N) is 15. The molecular weight excluding hydrogens is 1560 g/mol. The lowest BCUT2D eigenvalue weighted by Crippen LogP contribution is -2.56. The summed E-state index contributed by atoms with van der Waals surface area (Å²) in [6.07, 6.45) is 25.0. The SMILES string of the molecule is CC(C)c1ccc(N2CCC(C)(N3CCOCC3)CC2)cn1.CC(C)c1ccc(N2CCC(C)(O)CC2)cn1.CC(C)c1ccc(N2CCC(O)CC2)cn1.CC(C)c1ccc(N2CCC(O)CC2)nc1.CC(C)c1ncc(N2CCC(O)CC2)cc1F.COc1cc(C(C)C)ncc1N1CCC(O)CC1.COc1cc(N2CCC(O)CC2)cnc1C(C)C. The Bertz CT molecular complexity index is 4110. The zero-order valence-corrected chi connectivity index (χ0v) is 78.4. The number of methoxy groups -OCH3 is 2. The molecule has 124 heavy (non-hydrogen) atoms. The molecule has 24 nitrogen and oxygen atoms in total. The minimum atomic E-state index is -0.484. The van der Waals surface area contributed by atoms with E-state index in [-0.39, 0.29) is 42.3 Å². The molecule has 0 atom stereocenters. The van der Waals surface area contributed by atoms with Crippen molar-refractivity contribution in [2.24, 2.45) is 0 Å². The fourth-order valence-corrected chi connectivity index (χ4v) is 16.6. The molecule has 7 aromatic heterocycles. The third-order valence-electron chi connectivity index (χ3n) is 25.5. The van der Waals surface area contributed by atoms with Gasteiger partial charge in [0.2, 0.25) is 0 Å². The summed E-state index contributed by atoms with van der Waals surface area (Å²) in [5.41, 5.74) is 13.7. The van der Waals surface area contributed by atoms with E-state index in [0.717, 1.165) is 252 Å². The summed E-state index contributed by atoms with van der Waals surface area (Å²) in [6, 6.07) is 22.8. The second kappa shape index (κ2) is 48.7. The maximum Gasteiger partial charge on any atom is 0.147 e. The summed E-state index contributed by atoms with van der Waals surface area (Å²) in [7, 11) is 3.38. The second-order valence-electron chi connectivity index (χ2n) is 37.6. The van der Waals surface area contributed by atoms with Gasteiger partial charge in [-0.3, -0.25) is 34.8 Å². The van der Waals surface area contributed by atoms with E-state index in [0.29, 0.717) is 46.7 Å². The summed E-state index contributed by atoms with van der Waals surface area (Å²) in [5.74, 6) is 5.40. The normalized spacial score (nSPS) is 18.9. The molecule has 8 aliphatic heterocycles. The number of piperidine rings is 7. The summed E-state index contributed by atoms with van der Waals surface area (Å²) in [5, 5.41) is 57.3. The number of morpholine rings is 1. The number of aliphatic hydroxyl groups is 6. The molecule has 0 aromatic carbocycles. The van der Waals surface area contributed by atoms with Gasteiger partial charge in [0, 0.05) is 157 Å². The van der Waals surface area contributed by atoms with Gasteiger partial charge in [-0.15, -0.1) is 0 Å². The number of aromatic nitrogens is 7. The van der Waals surface area contributed by atoms with Crippen LogP contribution in [0, 0.1) is 5.82 Å². The predicted octanol–water partition coefficient (Wildman–Crippen LogP) is 16.4. The smallest absolute Gasteiger partial charge is 0.147 e. The monoisotopic (exact) mass is 1720 g/mol. The molecule has 8 saturated heterocycles. The predicted molar refractivity (Wildman–Crippen MR) is 503 cm³/mol. The fraction of sp³-hybridized carbons (Fsp3) is 0.646. The van der Waals surface area contributed by atoms with Crippen molar-refractivity contribution in [1.29, 1.82) is 0 Å². The zero-order valence-electron chi connectivity index (χ0n) is 78.4. The van der Waals surface area contributed by atoms with Gasteiger partial charge >= 0.3 is 0 Å². The number of halogens is 1. The Labute approximate surface area is 742 Å². The highest BCUT2D eigenvalue weighted by molar-refractivity contribution is 5.58. The van der Waals surface area contributed by atoms with Crippen LogP contribution in [0.3, 0.4) is 0 Å². The first-order valence-corrected chi connectivity index (χ1v) is 46.5. The van der Waals surface area contributed by atoms with Crippen molar-refractivity contribution >= 4 is 39.9 Å². The maximum absolute atomic E-state index is 13.8. The summed E-state index contributed by atoms with van der Waals surface area (Å²) < 4.78 is 30.2. The van der Waals surface area contributed by atoms with Crippen LogP contribution in [0.5, 0.6) is 11.5 Å². The molecule has 686 valence electrons. The lowest BCUT2D eigenvalue weighted by molar-refractivity contribution is -0.0248. The molecule has 0 spiro atoms. The van der Waals surface area contributed by atoms with Crippen molar-refractivity contribution < 1.29 is 49.2 Å². The number of anilines is 7. The lowest BCUT2D eigenvalue weighted by atomic mass is 9.87. The molecular formula is C99H154FN15O9. The largest absolute Gasteiger partial charge is 0.495 e. The number of hydrogen-bond donors (Lipinski definition) is 6. The van der Waals surface area contributed by atoms with Crippen molar-refractivity contribution in [2.45, 2.75) is 284 Å². The highest BCUT2D eigenvalue weighted by Gasteiger charge is 2.37. The standard InChI is InChI=1S/C18H29N3O.2C14H22N2O2.C14H22N2O.C13H19FN2O.2C13H20N2O/c1-15(2)17-5-4-16(14-19-17)20-8-6-18(3,7-9-20)21-10-12-22-13-11-21;1-10(2)14-13(18-3)8-11(9-15-14)16-6-4-12(17)5-7-16;1-10(2)12-8-14(18-3)13(9-15-12)16-6-4-11(17)5-7-16;1-11(2)13-5-4-12(10-15-13)16-8-6-14(3,17)7-9-16;1-9(2)13-12(14)7-10(8-15-13)16-5-3-11(17)4-6-16;1-10(2)13-4-3-11(9-14-13)15-7-5-12(16)6-8-15;1-10(2)11-3-4-13(14-9-11)15-7-5-12(16)6-8-15/h4-5,14-15H,6-13H2,1-3H3;8-10,12,17H,4-7H2,1-3H3;8-11,17H,4-7H2,1-3H3;4-5,10-11,17H,6-9H2,1-3H3;7-9,11,17H,3-6H2,1-2H3;2*3-4,9-10,12,16H,5-8H2,1-2H3. The molecule has 0 unspecified atom stereocenters. The third-order valence-corrected chi connectivity index (χ3v) is 25.5. The van der Waals surface area contributed by atoms with E-state index in [2.05, 4.69) is 219 Å². The minimum absolute atomic E-state index is 0.104. The first-order chi connectivity index (χ1) is 59.2. The number of aliphatic hydroxyl groups excluding tert-OH is 5. The van der Waals surface area contributed by atoms with Crippen LogP contribution in [0.4, 0.5) is 44.3 Å². The van der Waals surface area contributed by atoms with Gasteiger partial charge in [-0.05, 0) is 193 Å². The van der Waals surface area contributed by atoms with Crippen LogP contribution in [-0.2, 0) is 4.74 Å². The molecule has 0 saturated carbocycles. The average Bonchev–Trinajstić information content (AvgIpc) is 0.798. The Balaban J connectivity index is 0.000000164. The minimum Gasteiger partial charge on any atom is -0.495 e. The molecule has 0 aliphatic carbocycles. The van der Waals surface area contributed by atoms with Crippen LogP contribution in [0.25, 0.3) is 0 Å². The number of rotatable bonds is 17. The zero-order chi connectivity index (χ0) is 89.8. The summed E-state index contributed by atoms with van der Waals surface area (Å²) in [4.78, 5) is 49.8. The Kier molecular flexibility index (Phi) is 39.1. The van der Waals surface area contributed by atoms with E-state index >= 15 is 0 Å². The van der Waals surface area contributed by atoms with Crippen LogP contribution < -0.4 is 43.8 Å². The molecule has 7 aromatic rings. The molecule has 8 fully saturated rings. The van der Waals surface area contributed by atoms with Crippen LogP contribution in [0.1, 0.15) is 282 Å². The Morgan fingerprint density at radius 3 is 1.06 bits per heavy atom. The van der Waals surface area contributed by atoms with Crippen molar-refractivity contribution in [3.8, 4) is 11.5 Å². The van der Waals surface area contributed by atoms with E-state index in [1.165, 1.54) is 41.2 Å². The first-order valence-electron chi connectivity index (χ1n) is 46.5. The molecule has 15 heterocycles. The van der Waals surface area contributed by atoms with Gasteiger partial charge in [0.1, 0.15) is 23.1 Å². The molecule has 0 radical (unpaired) electrons. The van der Waals surface area contributed by atoms with Crippen LogP contribution >= 0.6 is 0 Å². The maximum atomic E-state index is 13.8. The lowest BCUT2D eigenvalue weighted by Gasteiger charge is -2.48. The van der Waals surface area contributed by atoms with Crippen molar-refractivity contribution in [2.75, 3.05) is 166 Å². The van der Waals surface area contributed by atoms with Crippen molar-refractivity contribution in [1.82, 2.24) is 39.8 Å². The molecule has 0 amide bonds. The van der Waals surface area contributed by atoms with Gasteiger partial charge < -0.3 is 79.1 Å². The van der Waals surface area contributed by atoms with Gasteiger partial charge in [-0.2, -0.15) is 0 Å². The second-order valence-corrected chi connectivity index (χ2v) is 37.6. The number of hydrogen-bond acceptors (Lipinski definition) is 24. The van der Waals surface area contributed by atoms with Crippen LogP contribution in [0.2, 0.25) is 0 Å².